The molecule has 2 aromatic heterocycles. The normalized spacial score (nSPS) is 10.9. The second-order valence-electron chi connectivity index (χ2n) is 3.27. The van der Waals surface area contributed by atoms with Gasteiger partial charge in [-0.25, -0.2) is 8.91 Å². The number of hydrogen-bond donors (Lipinski definition) is 1. The molecule has 6 heteroatoms. The number of likely N-dealkylation sites (N-methyl/N-ethyl adjacent to an activating group) is 1. The van der Waals surface area contributed by atoms with Crippen molar-refractivity contribution in [2.75, 3.05) is 25.0 Å². The van der Waals surface area contributed by atoms with E-state index in [1.54, 1.807) is 6.07 Å². The van der Waals surface area contributed by atoms with Crippen LogP contribution in [0.1, 0.15) is 0 Å². The highest BCUT2D eigenvalue weighted by Gasteiger charge is 2.07. The number of halogens is 1. The van der Waals surface area contributed by atoms with Gasteiger partial charge in [0.1, 0.15) is 5.82 Å². The number of anilines is 1. The molecule has 15 heavy (non-hydrogen) atoms. The second kappa shape index (κ2) is 3.82. The van der Waals surface area contributed by atoms with E-state index in [-0.39, 0.29) is 5.82 Å². The molecule has 0 aliphatic heterocycles. The van der Waals surface area contributed by atoms with Crippen LogP contribution in [0.25, 0.3) is 5.65 Å². The first-order chi connectivity index (χ1) is 7.20. The van der Waals surface area contributed by atoms with Gasteiger partial charge < -0.3 is 10.6 Å². The largest absolute Gasteiger partial charge is 0.341 e. The van der Waals surface area contributed by atoms with Gasteiger partial charge in [-0.15, -0.1) is 5.10 Å². The van der Waals surface area contributed by atoms with Crippen LogP contribution in [-0.4, -0.2) is 34.7 Å². The van der Waals surface area contributed by atoms with Gasteiger partial charge in [-0.1, -0.05) is 0 Å². The summed E-state index contributed by atoms with van der Waals surface area (Å²) in [6.45, 7) is 1.19. The van der Waals surface area contributed by atoms with Gasteiger partial charge in [-0.2, -0.15) is 4.98 Å². The monoisotopic (exact) mass is 209 g/mol. The Kier molecular flexibility index (Phi) is 2.51. The van der Waals surface area contributed by atoms with E-state index in [9.17, 15) is 4.39 Å². The van der Waals surface area contributed by atoms with Gasteiger partial charge in [0.2, 0.25) is 5.95 Å². The maximum absolute atomic E-state index is 12.9. The highest BCUT2D eigenvalue weighted by atomic mass is 19.1. The average Bonchev–Trinajstić information content (AvgIpc) is 2.60. The van der Waals surface area contributed by atoms with E-state index in [4.69, 9.17) is 5.73 Å². The standard InChI is InChI=1S/C9H12FN5/c1-14(5-4-11)9-12-8-3-2-7(10)6-15(8)13-9/h2-3,6H,4-5,11H2,1H3. The van der Waals surface area contributed by atoms with Crippen molar-refractivity contribution in [2.24, 2.45) is 5.73 Å². The van der Waals surface area contributed by atoms with E-state index in [1.165, 1.54) is 16.8 Å². The summed E-state index contributed by atoms with van der Waals surface area (Å²) in [6, 6.07) is 2.94. The molecule has 5 nitrogen and oxygen atoms in total. The molecule has 0 unspecified atom stereocenters. The van der Waals surface area contributed by atoms with Crippen molar-refractivity contribution >= 4 is 11.6 Å². The molecule has 2 N–H and O–H groups in total. The predicted octanol–water partition coefficient (Wildman–Crippen LogP) is 0.263. The Morgan fingerprint density at radius 3 is 3.07 bits per heavy atom. The second-order valence-corrected chi connectivity index (χ2v) is 3.27. The van der Waals surface area contributed by atoms with Crippen molar-refractivity contribution in [3.05, 3.63) is 24.1 Å². The molecule has 0 aliphatic carbocycles. The molecule has 0 amide bonds. The van der Waals surface area contributed by atoms with E-state index in [0.29, 0.717) is 24.7 Å². The third-order valence-corrected chi connectivity index (χ3v) is 2.09. The van der Waals surface area contributed by atoms with Crippen LogP contribution in [0.2, 0.25) is 0 Å². The molecule has 0 atom stereocenters. The summed E-state index contributed by atoms with van der Waals surface area (Å²) in [5, 5.41) is 4.13. The number of rotatable bonds is 3. The molecule has 0 fully saturated rings. The number of nitrogens with zero attached hydrogens (tertiary/aromatic N) is 4. The van der Waals surface area contributed by atoms with Crippen LogP contribution in [0, 0.1) is 5.82 Å². The lowest BCUT2D eigenvalue weighted by Gasteiger charge is -2.11. The van der Waals surface area contributed by atoms with Crippen molar-refractivity contribution < 1.29 is 4.39 Å². The molecule has 2 heterocycles. The Labute approximate surface area is 86.3 Å². The van der Waals surface area contributed by atoms with Crippen molar-refractivity contribution in [2.45, 2.75) is 0 Å². The third-order valence-electron chi connectivity index (χ3n) is 2.09. The molecule has 2 rings (SSSR count). The maximum Gasteiger partial charge on any atom is 0.245 e. The van der Waals surface area contributed by atoms with E-state index < -0.39 is 0 Å². The number of hydrogen-bond acceptors (Lipinski definition) is 4. The van der Waals surface area contributed by atoms with Crippen LogP contribution >= 0.6 is 0 Å². The molecular formula is C9H12FN5. The number of nitrogens with two attached hydrogens (primary N) is 1. The Morgan fingerprint density at radius 1 is 1.53 bits per heavy atom. The quantitative estimate of drug-likeness (QED) is 0.788. The van der Waals surface area contributed by atoms with Crippen molar-refractivity contribution in [3.8, 4) is 0 Å². The van der Waals surface area contributed by atoms with E-state index in [2.05, 4.69) is 10.1 Å². The van der Waals surface area contributed by atoms with Gasteiger partial charge in [-0.3, -0.25) is 0 Å². The van der Waals surface area contributed by atoms with Gasteiger partial charge in [-0.05, 0) is 12.1 Å². The average molecular weight is 209 g/mol. The first-order valence-corrected chi connectivity index (χ1v) is 4.64. The minimum absolute atomic E-state index is 0.333. The summed E-state index contributed by atoms with van der Waals surface area (Å²) in [7, 11) is 1.85. The highest BCUT2D eigenvalue weighted by molar-refractivity contribution is 5.44. The summed E-state index contributed by atoms with van der Waals surface area (Å²) in [6.07, 6.45) is 1.29. The summed E-state index contributed by atoms with van der Waals surface area (Å²) < 4.78 is 14.3. The van der Waals surface area contributed by atoms with Crippen LogP contribution < -0.4 is 10.6 Å². The molecule has 0 radical (unpaired) electrons. The minimum atomic E-state index is -0.333. The van der Waals surface area contributed by atoms with Crippen molar-refractivity contribution in [1.29, 1.82) is 0 Å². The lowest BCUT2D eigenvalue weighted by atomic mass is 10.5. The number of aromatic nitrogens is 3. The molecule has 0 aliphatic rings. The highest BCUT2D eigenvalue weighted by Crippen LogP contribution is 2.09. The van der Waals surface area contributed by atoms with E-state index in [1.807, 2.05) is 11.9 Å². The fraction of sp³-hybridized carbons (Fsp3) is 0.333. The Bertz CT molecular complexity index is 466. The van der Waals surface area contributed by atoms with Crippen LogP contribution in [0.4, 0.5) is 10.3 Å². The molecular weight excluding hydrogens is 197 g/mol. The summed E-state index contributed by atoms with van der Waals surface area (Å²) in [5.74, 6) is 0.214. The molecule has 2 aromatic rings. The lowest BCUT2D eigenvalue weighted by Crippen LogP contribution is -2.25. The van der Waals surface area contributed by atoms with Crippen LogP contribution in [0.5, 0.6) is 0 Å². The molecule has 0 saturated carbocycles. The summed E-state index contributed by atoms with van der Waals surface area (Å²) in [5.41, 5.74) is 6.04. The third kappa shape index (κ3) is 1.89. The van der Waals surface area contributed by atoms with Gasteiger partial charge in [0.05, 0.1) is 6.20 Å². The summed E-state index contributed by atoms with van der Waals surface area (Å²) in [4.78, 5) is 6.05. The Balaban J connectivity index is 2.38. The van der Waals surface area contributed by atoms with Gasteiger partial charge in [0.25, 0.3) is 0 Å². The zero-order chi connectivity index (χ0) is 10.8. The van der Waals surface area contributed by atoms with Crippen molar-refractivity contribution in [1.82, 2.24) is 14.6 Å². The Morgan fingerprint density at radius 2 is 2.33 bits per heavy atom. The summed E-state index contributed by atoms with van der Waals surface area (Å²) >= 11 is 0. The van der Waals surface area contributed by atoms with Crippen LogP contribution in [-0.2, 0) is 0 Å². The molecule has 0 bridgehead atoms. The van der Waals surface area contributed by atoms with Crippen LogP contribution in [0.3, 0.4) is 0 Å². The zero-order valence-corrected chi connectivity index (χ0v) is 8.39. The molecule has 0 saturated heterocycles. The van der Waals surface area contributed by atoms with Crippen LogP contribution in [0.15, 0.2) is 18.3 Å². The molecule has 0 spiro atoms. The number of fused-ring (bicyclic) bond motifs is 1. The van der Waals surface area contributed by atoms with E-state index in [0.717, 1.165) is 0 Å². The molecule has 80 valence electrons. The predicted molar refractivity (Wildman–Crippen MR) is 55.3 cm³/mol. The fourth-order valence-electron chi connectivity index (χ4n) is 1.30. The van der Waals surface area contributed by atoms with Gasteiger partial charge >= 0.3 is 0 Å². The van der Waals surface area contributed by atoms with Gasteiger partial charge in [0, 0.05) is 20.1 Å². The lowest BCUT2D eigenvalue weighted by molar-refractivity contribution is 0.614. The smallest absolute Gasteiger partial charge is 0.245 e. The Hall–Kier alpha value is -1.69. The fourth-order valence-corrected chi connectivity index (χ4v) is 1.30. The number of pyridine rings is 1. The topological polar surface area (TPSA) is 59.5 Å². The van der Waals surface area contributed by atoms with Crippen molar-refractivity contribution in [3.63, 3.8) is 0 Å². The zero-order valence-electron chi connectivity index (χ0n) is 8.39. The van der Waals surface area contributed by atoms with E-state index >= 15 is 0 Å². The first kappa shape index (κ1) is 9.85. The maximum atomic E-state index is 12.9. The first-order valence-electron chi connectivity index (χ1n) is 4.64. The molecule has 0 aromatic carbocycles. The van der Waals surface area contributed by atoms with Gasteiger partial charge in [0.15, 0.2) is 5.65 Å². The SMILES string of the molecule is CN(CCN)c1nc2ccc(F)cn2n1. The minimum Gasteiger partial charge on any atom is -0.341 e.